The lowest BCUT2D eigenvalue weighted by atomic mass is 9.86. The van der Waals surface area contributed by atoms with Crippen molar-refractivity contribution in [2.24, 2.45) is 5.92 Å². The number of hydrogen-bond donors (Lipinski definition) is 2. The van der Waals surface area contributed by atoms with Gasteiger partial charge >= 0.3 is 5.97 Å². The number of carbonyl (C=O) groups is 2. The Kier molecular flexibility index (Phi) is 3.22. The van der Waals surface area contributed by atoms with Gasteiger partial charge in [-0.1, -0.05) is 30.3 Å². The van der Waals surface area contributed by atoms with Crippen molar-refractivity contribution in [3.63, 3.8) is 0 Å². The SMILES string of the molecule is COC(=O)[C@]1(Cc2ccccc2)C[C@@H]2C(=O)NC[C@@H]2N1. The molecule has 3 rings (SSSR count). The Hall–Kier alpha value is -1.88. The molecule has 5 nitrogen and oxygen atoms in total. The third-order valence-electron chi connectivity index (χ3n) is 4.27. The summed E-state index contributed by atoms with van der Waals surface area (Å²) in [5, 5.41) is 6.16. The predicted octanol–water partition coefficient (Wildman–Crippen LogP) is 0.249. The molecular weight excluding hydrogens is 256 g/mol. The number of hydrogen-bond acceptors (Lipinski definition) is 4. The van der Waals surface area contributed by atoms with Crippen LogP contribution < -0.4 is 10.6 Å². The average molecular weight is 274 g/mol. The zero-order chi connectivity index (χ0) is 14.2. The van der Waals surface area contributed by atoms with Crippen LogP contribution in [-0.4, -0.2) is 37.1 Å². The number of amides is 1. The number of carbonyl (C=O) groups excluding carboxylic acids is 2. The van der Waals surface area contributed by atoms with Crippen LogP contribution in [-0.2, 0) is 20.7 Å². The minimum absolute atomic E-state index is 0.0188. The highest BCUT2D eigenvalue weighted by molar-refractivity contribution is 5.88. The van der Waals surface area contributed by atoms with Crippen molar-refractivity contribution in [1.29, 1.82) is 0 Å². The maximum Gasteiger partial charge on any atom is 0.326 e. The third kappa shape index (κ3) is 2.08. The van der Waals surface area contributed by atoms with Gasteiger partial charge in [0.25, 0.3) is 0 Å². The molecule has 20 heavy (non-hydrogen) atoms. The molecule has 0 aliphatic carbocycles. The van der Waals surface area contributed by atoms with Crippen LogP contribution in [0.4, 0.5) is 0 Å². The number of nitrogens with one attached hydrogen (secondary N) is 2. The molecule has 1 amide bonds. The van der Waals surface area contributed by atoms with Crippen LogP contribution in [0.15, 0.2) is 30.3 Å². The van der Waals surface area contributed by atoms with Gasteiger partial charge in [-0.05, 0) is 12.0 Å². The van der Waals surface area contributed by atoms with Crippen molar-refractivity contribution in [3.8, 4) is 0 Å². The first-order valence-electron chi connectivity index (χ1n) is 6.82. The van der Waals surface area contributed by atoms with Crippen LogP contribution in [0.1, 0.15) is 12.0 Å². The highest BCUT2D eigenvalue weighted by atomic mass is 16.5. The highest BCUT2D eigenvalue weighted by Crippen LogP contribution is 2.35. The van der Waals surface area contributed by atoms with Gasteiger partial charge in [0.2, 0.25) is 5.91 Å². The van der Waals surface area contributed by atoms with Crippen molar-refractivity contribution in [3.05, 3.63) is 35.9 Å². The largest absolute Gasteiger partial charge is 0.468 e. The summed E-state index contributed by atoms with van der Waals surface area (Å²) in [5.74, 6) is -0.400. The molecule has 2 aliphatic rings. The molecular formula is C15H18N2O3. The van der Waals surface area contributed by atoms with Gasteiger partial charge < -0.3 is 10.1 Å². The first-order chi connectivity index (χ1) is 9.64. The zero-order valence-electron chi connectivity index (χ0n) is 11.4. The fourth-order valence-electron chi connectivity index (χ4n) is 3.32. The maximum atomic E-state index is 12.3. The molecule has 0 aromatic heterocycles. The molecule has 2 fully saturated rings. The van der Waals surface area contributed by atoms with E-state index in [2.05, 4.69) is 10.6 Å². The van der Waals surface area contributed by atoms with E-state index in [0.717, 1.165) is 5.56 Å². The van der Waals surface area contributed by atoms with E-state index in [1.54, 1.807) is 0 Å². The van der Waals surface area contributed by atoms with Gasteiger partial charge in [0.05, 0.1) is 13.0 Å². The molecule has 1 aromatic carbocycles. The van der Waals surface area contributed by atoms with E-state index < -0.39 is 5.54 Å². The zero-order valence-corrected chi connectivity index (χ0v) is 11.4. The van der Waals surface area contributed by atoms with Gasteiger partial charge in [-0.25, -0.2) is 0 Å². The third-order valence-corrected chi connectivity index (χ3v) is 4.27. The number of rotatable bonds is 3. The lowest BCUT2D eigenvalue weighted by Crippen LogP contribution is -2.53. The number of ether oxygens (including phenoxy) is 1. The quantitative estimate of drug-likeness (QED) is 0.775. The molecule has 0 spiro atoms. The van der Waals surface area contributed by atoms with Crippen LogP contribution >= 0.6 is 0 Å². The van der Waals surface area contributed by atoms with Crippen molar-refractivity contribution >= 4 is 11.9 Å². The molecule has 106 valence electrons. The van der Waals surface area contributed by atoms with E-state index in [1.807, 2.05) is 30.3 Å². The summed E-state index contributed by atoms with van der Waals surface area (Å²) >= 11 is 0. The molecule has 2 N–H and O–H groups in total. The normalized spacial score (nSPS) is 31.8. The van der Waals surface area contributed by atoms with E-state index in [1.165, 1.54) is 7.11 Å². The van der Waals surface area contributed by atoms with Crippen LogP contribution in [0, 0.1) is 5.92 Å². The van der Waals surface area contributed by atoms with Crippen molar-refractivity contribution in [2.45, 2.75) is 24.4 Å². The molecule has 2 aliphatic heterocycles. The van der Waals surface area contributed by atoms with Crippen LogP contribution in [0.25, 0.3) is 0 Å². The number of esters is 1. The first-order valence-corrected chi connectivity index (χ1v) is 6.82. The second-order valence-electron chi connectivity index (χ2n) is 5.54. The van der Waals surface area contributed by atoms with Gasteiger partial charge in [-0.3, -0.25) is 14.9 Å². The summed E-state index contributed by atoms with van der Waals surface area (Å²) in [7, 11) is 1.39. The predicted molar refractivity (Wildman–Crippen MR) is 72.9 cm³/mol. The van der Waals surface area contributed by atoms with Gasteiger partial charge in [-0.2, -0.15) is 0 Å². The van der Waals surface area contributed by atoms with Gasteiger partial charge in [0, 0.05) is 19.0 Å². The summed E-state index contributed by atoms with van der Waals surface area (Å²) in [5.41, 5.74) is 0.272. The minimum atomic E-state index is -0.788. The highest BCUT2D eigenvalue weighted by Gasteiger charge is 2.54. The van der Waals surface area contributed by atoms with Crippen molar-refractivity contribution < 1.29 is 14.3 Å². The van der Waals surface area contributed by atoms with E-state index in [9.17, 15) is 9.59 Å². The number of fused-ring (bicyclic) bond motifs is 1. The van der Waals surface area contributed by atoms with Gasteiger partial charge in [-0.15, -0.1) is 0 Å². The molecule has 2 heterocycles. The molecule has 3 atom stereocenters. The summed E-state index contributed by atoms with van der Waals surface area (Å²) in [6.45, 7) is 0.580. The van der Waals surface area contributed by atoms with E-state index in [0.29, 0.717) is 19.4 Å². The average Bonchev–Trinajstić information content (AvgIpc) is 2.99. The summed E-state index contributed by atoms with van der Waals surface area (Å²) < 4.78 is 4.98. The summed E-state index contributed by atoms with van der Waals surface area (Å²) in [6, 6.07) is 9.83. The van der Waals surface area contributed by atoms with E-state index >= 15 is 0 Å². The van der Waals surface area contributed by atoms with Crippen molar-refractivity contribution in [2.75, 3.05) is 13.7 Å². The molecule has 0 saturated carbocycles. The fourth-order valence-corrected chi connectivity index (χ4v) is 3.32. The molecule has 1 aromatic rings. The lowest BCUT2D eigenvalue weighted by Gasteiger charge is -2.28. The monoisotopic (exact) mass is 274 g/mol. The van der Waals surface area contributed by atoms with Gasteiger partial charge in [0.1, 0.15) is 5.54 Å². The van der Waals surface area contributed by atoms with E-state index in [4.69, 9.17) is 4.74 Å². The topological polar surface area (TPSA) is 67.4 Å². The second-order valence-corrected chi connectivity index (χ2v) is 5.54. The molecule has 0 bridgehead atoms. The first kappa shape index (κ1) is 13.1. The smallest absolute Gasteiger partial charge is 0.326 e. The Morgan fingerprint density at radius 3 is 2.80 bits per heavy atom. The summed E-state index contributed by atoms with van der Waals surface area (Å²) in [4.78, 5) is 24.1. The molecule has 2 saturated heterocycles. The standard InChI is InChI=1S/C15H18N2O3/c1-20-14(19)15(7-10-5-3-2-4-6-10)8-11-12(17-15)9-16-13(11)18/h2-6,11-12,17H,7-9H2,1H3,(H,16,18)/t11-,12-,15-/m0/s1. The number of methoxy groups -OCH3 is 1. The molecule has 0 unspecified atom stereocenters. The lowest BCUT2D eigenvalue weighted by molar-refractivity contribution is -0.148. The molecule has 5 heteroatoms. The Morgan fingerprint density at radius 2 is 2.15 bits per heavy atom. The van der Waals surface area contributed by atoms with E-state index in [-0.39, 0.29) is 23.8 Å². The second kappa shape index (κ2) is 4.90. The summed E-state index contributed by atoms with van der Waals surface area (Å²) in [6.07, 6.45) is 1.03. The Balaban J connectivity index is 1.87. The number of benzene rings is 1. The fraction of sp³-hybridized carbons (Fsp3) is 0.467. The Labute approximate surface area is 117 Å². The van der Waals surface area contributed by atoms with Crippen molar-refractivity contribution in [1.82, 2.24) is 10.6 Å². The Morgan fingerprint density at radius 1 is 1.40 bits per heavy atom. The van der Waals surface area contributed by atoms with Crippen LogP contribution in [0.2, 0.25) is 0 Å². The minimum Gasteiger partial charge on any atom is -0.468 e. The molecule has 0 radical (unpaired) electrons. The van der Waals surface area contributed by atoms with Crippen LogP contribution in [0.5, 0.6) is 0 Å². The van der Waals surface area contributed by atoms with Gasteiger partial charge in [0.15, 0.2) is 0 Å². The van der Waals surface area contributed by atoms with Crippen LogP contribution in [0.3, 0.4) is 0 Å². The maximum absolute atomic E-state index is 12.3. The Bertz CT molecular complexity index is 531.